The molecule has 1 fully saturated rings. The van der Waals surface area contributed by atoms with E-state index < -0.39 is 9.84 Å². The molecular formula is C16H24N2O4S. The molecule has 128 valence electrons. The Balaban J connectivity index is 1.74. The first kappa shape index (κ1) is 17.6. The third-order valence-corrected chi connectivity index (χ3v) is 5.67. The van der Waals surface area contributed by atoms with Crippen molar-refractivity contribution in [1.29, 1.82) is 0 Å². The van der Waals surface area contributed by atoms with E-state index in [4.69, 9.17) is 4.74 Å². The summed E-state index contributed by atoms with van der Waals surface area (Å²) in [7, 11) is -1.36. The van der Waals surface area contributed by atoms with Crippen LogP contribution in [0.4, 0.5) is 4.79 Å². The maximum Gasteiger partial charge on any atom is 0.317 e. The molecule has 1 atom stereocenters. The van der Waals surface area contributed by atoms with Gasteiger partial charge < -0.3 is 15.0 Å². The van der Waals surface area contributed by atoms with Crippen molar-refractivity contribution >= 4 is 15.9 Å². The molecule has 2 amide bonds. The Kier molecular flexibility index (Phi) is 5.51. The number of carbonyl (C=O) groups excluding carboxylic acids is 1. The van der Waals surface area contributed by atoms with Gasteiger partial charge in [0.1, 0.15) is 12.4 Å². The normalized spacial score (nSPS) is 19.3. The van der Waals surface area contributed by atoms with Gasteiger partial charge in [-0.15, -0.1) is 0 Å². The Hall–Kier alpha value is -1.76. The van der Waals surface area contributed by atoms with Gasteiger partial charge in [-0.3, -0.25) is 0 Å². The number of rotatable bonds is 5. The summed E-state index contributed by atoms with van der Waals surface area (Å²) in [5, 5.41) is 2.75. The monoisotopic (exact) mass is 340 g/mol. The summed E-state index contributed by atoms with van der Waals surface area (Å²) in [6, 6.07) is 5.46. The molecule has 0 aromatic heterocycles. The number of carbonyl (C=O) groups is 1. The Bertz CT molecular complexity index is 652. The molecule has 1 heterocycles. The molecule has 0 bridgehead atoms. The number of nitrogens with zero attached hydrogens (tertiary/aromatic N) is 1. The lowest BCUT2D eigenvalue weighted by molar-refractivity contribution is 0.192. The quantitative estimate of drug-likeness (QED) is 0.825. The molecule has 1 aromatic rings. The largest absolute Gasteiger partial charge is 0.492 e. The highest BCUT2D eigenvalue weighted by Gasteiger charge is 2.32. The van der Waals surface area contributed by atoms with Crippen LogP contribution in [0.2, 0.25) is 0 Å². The van der Waals surface area contributed by atoms with Crippen LogP contribution in [0.25, 0.3) is 0 Å². The molecule has 2 rings (SSSR count). The fourth-order valence-electron chi connectivity index (χ4n) is 2.71. The Morgan fingerprint density at radius 1 is 1.30 bits per heavy atom. The average molecular weight is 340 g/mol. The highest BCUT2D eigenvalue weighted by molar-refractivity contribution is 7.91. The van der Waals surface area contributed by atoms with Gasteiger partial charge in [0.05, 0.1) is 18.1 Å². The number of hydrogen-bond acceptors (Lipinski definition) is 4. The van der Waals surface area contributed by atoms with Crippen LogP contribution in [0.3, 0.4) is 0 Å². The van der Waals surface area contributed by atoms with Crippen LogP contribution >= 0.6 is 0 Å². The Labute approximate surface area is 137 Å². The predicted octanol–water partition coefficient (Wildman–Crippen LogP) is 1.51. The van der Waals surface area contributed by atoms with E-state index >= 15 is 0 Å². The van der Waals surface area contributed by atoms with Crippen LogP contribution in [0.15, 0.2) is 18.2 Å². The van der Waals surface area contributed by atoms with E-state index in [1.54, 1.807) is 7.05 Å². The number of aryl methyl sites for hydroxylation is 2. The minimum absolute atomic E-state index is 0.0516. The molecule has 7 heteroatoms. The fourth-order valence-corrected chi connectivity index (χ4v) is 4.49. The van der Waals surface area contributed by atoms with Crippen molar-refractivity contribution in [3.05, 3.63) is 29.3 Å². The van der Waals surface area contributed by atoms with Crippen molar-refractivity contribution in [3.63, 3.8) is 0 Å². The molecule has 0 saturated carbocycles. The SMILES string of the molecule is Cc1cc(C)cc(OCCNC(=O)N(C)C2CCS(=O)(=O)C2)c1. The highest BCUT2D eigenvalue weighted by atomic mass is 32.2. The van der Waals surface area contributed by atoms with E-state index in [1.807, 2.05) is 26.0 Å². The van der Waals surface area contributed by atoms with Crippen molar-refractivity contribution in [2.45, 2.75) is 26.3 Å². The zero-order valence-electron chi connectivity index (χ0n) is 13.8. The first-order valence-electron chi connectivity index (χ1n) is 7.69. The number of ether oxygens (including phenoxy) is 1. The summed E-state index contributed by atoms with van der Waals surface area (Å²) in [4.78, 5) is 13.5. The zero-order valence-corrected chi connectivity index (χ0v) is 14.6. The van der Waals surface area contributed by atoms with Crippen molar-refractivity contribution in [1.82, 2.24) is 10.2 Å². The summed E-state index contributed by atoms with van der Waals surface area (Å²) < 4.78 is 28.6. The molecule has 1 aliphatic rings. The summed E-state index contributed by atoms with van der Waals surface area (Å²) in [5.41, 5.74) is 2.26. The summed E-state index contributed by atoms with van der Waals surface area (Å²) in [5.74, 6) is 0.994. The van der Waals surface area contributed by atoms with E-state index in [0.717, 1.165) is 16.9 Å². The van der Waals surface area contributed by atoms with Gasteiger partial charge in [0.15, 0.2) is 9.84 Å². The molecule has 0 aliphatic carbocycles. The summed E-state index contributed by atoms with van der Waals surface area (Å²) in [6.45, 7) is 4.75. The Morgan fingerprint density at radius 3 is 2.52 bits per heavy atom. The first-order chi connectivity index (χ1) is 10.8. The van der Waals surface area contributed by atoms with Gasteiger partial charge >= 0.3 is 6.03 Å². The third kappa shape index (κ3) is 5.13. The molecule has 0 spiro atoms. The Morgan fingerprint density at radius 2 is 1.96 bits per heavy atom. The van der Waals surface area contributed by atoms with Gasteiger partial charge in [0, 0.05) is 13.1 Å². The fraction of sp³-hybridized carbons (Fsp3) is 0.562. The summed E-state index contributed by atoms with van der Waals surface area (Å²) >= 11 is 0. The van der Waals surface area contributed by atoms with Gasteiger partial charge in [0.2, 0.25) is 0 Å². The maximum atomic E-state index is 12.0. The molecule has 1 N–H and O–H groups in total. The van der Waals surface area contributed by atoms with Crippen LogP contribution in [0.5, 0.6) is 5.75 Å². The van der Waals surface area contributed by atoms with Crippen molar-refractivity contribution in [2.24, 2.45) is 0 Å². The van der Waals surface area contributed by atoms with Gasteiger partial charge in [-0.1, -0.05) is 6.07 Å². The number of amides is 2. The molecule has 1 unspecified atom stereocenters. The minimum Gasteiger partial charge on any atom is -0.492 e. The van der Waals surface area contributed by atoms with Crippen LogP contribution < -0.4 is 10.1 Å². The maximum absolute atomic E-state index is 12.0. The molecule has 1 aromatic carbocycles. The number of hydrogen-bond donors (Lipinski definition) is 1. The second-order valence-corrected chi connectivity index (χ2v) is 8.30. The first-order valence-corrected chi connectivity index (χ1v) is 9.51. The molecule has 1 aliphatic heterocycles. The topological polar surface area (TPSA) is 75.7 Å². The van der Waals surface area contributed by atoms with Crippen molar-refractivity contribution < 1.29 is 17.9 Å². The lowest BCUT2D eigenvalue weighted by Gasteiger charge is -2.23. The molecule has 1 saturated heterocycles. The average Bonchev–Trinajstić information content (AvgIpc) is 2.81. The highest BCUT2D eigenvalue weighted by Crippen LogP contribution is 2.17. The minimum atomic E-state index is -2.99. The number of sulfone groups is 1. The van der Waals surface area contributed by atoms with Crippen LogP contribution in [0, 0.1) is 13.8 Å². The third-order valence-electron chi connectivity index (χ3n) is 3.92. The predicted molar refractivity (Wildman–Crippen MR) is 89.6 cm³/mol. The second kappa shape index (κ2) is 7.21. The van der Waals surface area contributed by atoms with Crippen LogP contribution in [0.1, 0.15) is 17.5 Å². The van der Waals surface area contributed by atoms with E-state index in [-0.39, 0.29) is 23.6 Å². The van der Waals surface area contributed by atoms with Gasteiger partial charge in [-0.05, 0) is 43.5 Å². The summed E-state index contributed by atoms with van der Waals surface area (Å²) in [6.07, 6.45) is 0.505. The van der Waals surface area contributed by atoms with Crippen LogP contribution in [-0.4, -0.2) is 57.1 Å². The smallest absolute Gasteiger partial charge is 0.317 e. The van der Waals surface area contributed by atoms with Crippen molar-refractivity contribution in [3.8, 4) is 5.75 Å². The second-order valence-electron chi connectivity index (χ2n) is 6.07. The van der Waals surface area contributed by atoms with Gasteiger partial charge in [-0.2, -0.15) is 0 Å². The number of urea groups is 1. The zero-order chi connectivity index (χ0) is 17.0. The molecule has 6 nitrogen and oxygen atoms in total. The molecular weight excluding hydrogens is 316 g/mol. The van der Waals surface area contributed by atoms with Crippen LogP contribution in [-0.2, 0) is 9.84 Å². The molecule has 0 radical (unpaired) electrons. The van der Waals surface area contributed by atoms with Gasteiger partial charge in [-0.25, -0.2) is 13.2 Å². The van der Waals surface area contributed by atoms with E-state index in [2.05, 4.69) is 11.4 Å². The van der Waals surface area contributed by atoms with Gasteiger partial charge in [0.25, 0.3) is 0 Å². The van der Waals surface area contributed by atoms with E-state index in [9.17, 15) is 13.2 Å². The lowest BCUT2D eigenvalue weighted by atomic mass is 10.1. The standard InChI is InChI=1S/C16H24N2O4S/c1-12-8-13(2)10-15(9-12)22-6-5-17-16(19)18(3)14-4-7-23(20,21)11-14/h8-10,14H,4-7,11H2,1-3H3,(H,17,19). The number of nitrogens with one attached hydrogen (secondary N) is 1. The molecule has 23 heavy (non-hydrogen) atoms. The van der Waals surface area contributed by atoms with E-state index in [1.165, 1.54) is 4.90 Å². The lowest BCUT2D eigenvalue weighted by Crippen LogP contribution is -2.45. The van der Waals surface area contributed by atoms with E-state index in [0.29, 0.717) is 19.6 Å². The van der Waals surface area contributed by atoms with Crippen molar-refractivity contribution in [2.75, 3.05) is 31.7 Å². The number of benzene rings is 1.